The lowest BCUT2D eigenvalue weighted by molar-refractivity contribution is 0.258. The van der Waals surface area contributed by atoms with E-state index in [1.165, 1.54) is 265 Å². The average Bonchev–Trinajstić information content (AvgIpc) is 1.60. The fourth-order valence-electron chi connectivity index (χ4n) is 15.3. The van der Waals surface area contributed by atoms with Gasteiger partial charge in [-0.05, 0) is 166 Å². The molecule has 0 radical (unpaired) electrons. The minimum absolute atomic E-state index is 0.0442. The van der Waals surface area contributed by atoms with Crippen LogP contribution in [0.2, 0.25) is 0 Å². The number of hydrogen-bond donors (Lipinski definition) is 0. The molecule has 0 unspecified atom stereocenters. The van der Waals surface area contributed by atoms with Crippen molar-refractivity contribution in [3.63, 3.8) is 0 Å². The summed E-state index contributed by atoms with van der Waals surface area (Å²) in [5, 5.41) is 32.7. The highest BCUT2D eigenvalue weighted by atomic mass is 32.1. The minimum Gasteiger partial charge on any atom is -0.490 e. The number of hydrogen-bond acceptors (Lipinski definition) is 21. The molecule has 684 valence electrons. The van der Waals surface area contributed by atoms with E-state index in [0.29, 0.717) is 56.9 Å². The summed E-state index contributed by atoms with van der Waals surface area (Å²) in [5.74, 6) is 5.96. The molecule has 21 heteroatoms. The largest absolute Gasteiger partial charge is 0.490 e. The quantitative estimate of drug-likeness (QED) is 0.0326. The first kappa shape index (κ1) is 99.4. The summed E-state index contributed by atoms with van der Waals surface area (Å²) in [6, 6.07) is 41.2. The maximum Gasteiger partial charge on any atom is 0.331 e. The molecule has 4 aromatic heterocycles. The van der Waals surface area contributed by atoms with E-state index in [0.717, 1.165) is 175 Å². The van der Waals surface area contributed by atoms with Gasteiger partial charge in [-0.25, -0.2) is 0 Å². The third-order valence-corrected chi connectivity index (χ3v) is 25.9. The summed E-state index contributed by atoms with van der Waals surface area (Å²) in [6.07, 6.45) is 59.4. The van der Waals surface area contributed by atoms with E-state index in [2.05, 4.69) is 93.2 Å². The summed E-state index contributed by atoms with van der Waals surface area (Å²) >= 11 is 4.54. The highest BCUT2D eigenvalue weighted by Crippen LogP contribution is 2.42. The van der Waals surface area contributed by atoms with Crippen LogP contribution in [0.25, 0.3) is 63.4 Å². The first-order valence-corrected chi connectivity index (χ1v) is 51.6. The predicted molar refractivity (Wildman–Crippen MR) is 521 cm³/mol. The maximum atomic E-state index is 6.53. The van der Waals surface area contributed by atoms with Crippen LogP contribution in [0, 0.1) is 0 Å². The van der Waals surface area contributed by atoms with Crippen LogP contribution in [0.15, 0.2) is 127 Å². The van der Waals surface area contributed by atoms with Crippen LogP contribution >= 0.6 is 34.0 Å². The summed E-state index contributed by atoms with van der Waals surface area (Å²) in [5.41, 5.74) is 5.37. The highest BCUT2D eigenvalue weighted by Gasteiger charge is 2.21. The molecular formula is C105H147N9O9S3. The van der Waals surface area contributed by atoms with Gasteiger partial charge in [0, 0.05) is 33.4 Å². The number of benzene rings is 6. The maximum absolute atomic E-state index is 6.53. The normalized spacial score (nSPS) is 11.4. The molecule has 0 N–H and O–H groups in total. The van der Waals surface area contributed by atoms with Crippen molar-refractivity contribution < 1.29 is 42.6 Å². The van der Waals surface area contributed by atoms with Crippen molar-refractivity contribution in [2.45, 2.75) is 350 Å². The first-order chi connectivity index (χ1) is 62.3. The van der Waals surface area contributed by atoms with E-state index in [-0.39, 0.29) is 18.0 Å². The van der Waals surface area contributed by atoms with Crippen molar-refractivity contribution in [2.24, 2.45) is 0 Å². The van der Waals surface area contributed by atoms with E-state index < -0.39 is 0 Å². The van der Waals surface area contributed by atoms with Crippen LogP contribution in [0.4, 0.5) is 0 Å². The number of unbranched alkanes of at least 4 members (excludes halogenated alkanes) is 42. The van der Waals surface area contributed by atoms with Gasteiger partial charge in [0.15, 0.2) is 34.5 Å². The van der Waals surface area contributed by atoms with Crippen LogP contribution in [-0.4, -0.2) is 85.2 Å². The Bertz CT molecular complexity index is 4080. The van der Waals surface area contributed by atoms with Gasteiger partial charge in [0.2, 0.25) is 0 Å². The van der Waals surface area contributed by atoms with Crippen molar-refractivity contribution in [1.82, 2.24) is 45.5 Å². The summed E-state index contributed by atoms with van der Waals surface area (Å²) in [6.45, 7) is 17.5. The molecule has 126 heavy (non-hydrogen) atoms. The second-order valence-electron chi connectivity index (χ2n) is 33.7. The second-order valence-corrected chi connectivity index (χ2v) is 36.7. The van der Waals surface area contributed by atoms with Crippen LogP contribution in [0.5, 0.6) is 69.8 Å². The van der Waals surface area contributed by atoms with E-state index in [9.17, 15) is 0 Å². The van der Waals surface area contributed by atoms with Crippen LogP contribution in [0.1, 0.15) is 350 Å². The number of ether oxygens (including phenoxy) is 9. The van der Waals surface area contributed by atoms with Crippen molar-refractivity contribution in [1.29, 1.82) is 0 Å². The molecule has 0 aliphatic carbocycles. The van der Waals surface area contributed by atoms with E-state index in [1.807, 2.05) is 91.0 Å². The molecule has 0 fully saturated rings. The highest BCUT2D eigenvalue weighted by molar-refractivity contribution is 7.18. The third-order valence-electron chi connectivity index (χ3n) is 22.9. The lowest BCUT2D eigenvalue weighted by atomic mass is 10.1. The molecule has 0 saturated carbocycles. The Morgan fingerprint density at radius 1 is 0.183 bits per heavy atom. The zero-order chi connectivity index (χ0) is 87.7. The van der Waals surface area contributed by atoms with Gasteiger partial charge in [0.25, 0.3) is 0 Å². The smallest absolute Gasteiger partial charge is 0.331 e. The molecule has 0 spiro atoms. The zero-order valence-corrected chi connectivity index (χ0v) is 79.7. The molecular weight excluding hydrogens is 1630 g/mol. The standard InChI is InChI=1S/C105H147N9O9S3/c1-7-13-19-25-31-37-43-49-73-115-91-70-61-85(79-94(91)118-76-52-46-40-34-28-22-16-10-4)100-112-109-97(124-100)82-55-64-88(65-56-82)121-103-106-104(122-89-66-57-83(58-67-89)98-110-113-101(125-98)86-62-71-92(116-74-50-44-38-32-26-20-14-8-2)95(80-86)119-77-53-47-41-35-29-23-17-11-5)108-105(107-103)123-90-68-59-84(60-69-90)99-111-114-102(126-99)87-63-72-93(117-75-51-45-39-33-27-21-15-9-3)96(81-87)120-78-54-48-42-36-30-24-18-12-6/h55-72,79-81H,7-54,73-78H2,1-6H3. The molecule has 6 aromatic carbocycles. The van der Waals surface area contributed by atoms with Crippen molar-refractivity contribution >= 4 is 34.0 Å². The van der Waals surface area contributed by atoms with E-state index in [1.54, 1.807) is 0 Å². The average molecular weight is 1780 g/mol. The molecule has 0 saturated heterocycles. The van der Waals surface area contributed by atoms with Gasteiger partial charge < -0.3 is 42.6 Å². The molecule has 0 amide bonds. The first-order valence-electron chi connectivity index (χ1n) is 49.1. The number of rotatable bonds is 72. The van der Waals surface area contributed by atoms with Gasteiger partial charge in [0.1, 0.15) is 47.3 Å². The Labute approximate surface area is 767 Å². The van der Waals surface area contributed by atoms with Gasteiger partial charge in [-0.15, -0.1) is 45.5 Å². The van der Waals surface area contributed by atoms with E-state index in [4.69, 9.17) is 72.9 Å². The molecule has 0 aliphatic heterocycles. The molecule has 0 atom stereocenters. The molecule has 18 nitrogen and oxygen atoms in total. The molecule has 10 rings (SSSR count). The molecule has 0 aliphatic rings. The third kappa shape index (κ3) is 37.1. The van der Waals surface area contributed by atoms with Gasteiger partial charge in [-0.2, -0.15) is 0 Å². The summed E-state index contributed by atoms with van der Waals surface area (Å²) in [7, 11) is 0. The number of nitrogens with zero attached hydrogens (tertiary/aromatic N) is 9. The number of aromatic nitrogens is 9. The monoisotopic (exact) mass is 1770 g/mol. The Hall–Kier alpha value is -8.79. The molecule has 0 bridgehead atoms. The Balaban J connectivity index is 0.837. The fourth-order valence-corrected chi connectivity index (χ4v) is 17.8. The van der Waals surface area contributed by atoms with Crippen molar-refractivity contribution in [3.8, 4) is 133 Å². The van der Waals surface area contributed by atoms with Gasteiger partial charge in [-0.3, -0.25) is 0 Å². The van der Waals surface area contributed by atoms with Gasteiger partial charge in [0.05, 0.1) is 39.6 Å². The predicted octanol–water partition coefficient (Wildman–Crippen LogP) is 32.9. The minimum atomic E-state index is -0.0442. The van der Waals surface area contributed by atoms with E-state index >= 15 is 0 Å². The summed E-state index contributed by atoms with van der Waals surface area (Å²) in [4.78, 5) is 14.1. The fraction of sp³-hybridized carbons (Fsp3) is 0.571. The second kappa shape index (κ2) is 60.9. The topological polar surface area (TPSA) is 199 Å². The van der Waals surface area contributed by atoms with Crippen molar-refractivity contribution in [2.75, 3.05) is 39.6 Å². The lowest BCUT2D eigenvalue weighted by Gasteiger charge is -2.14. The molecule has 10 aromatic rings. The van der Waals surface area contributed by atoms with Crippen LogP contribution in [0.3, 0.4) is 0 Å². The van der Waals surface area contributed by atoms with Gasteiger partial charge >= 0.3 is 18.0 Å². The SMILES string of the molecule is CCCCCCCCCCOc1ccc(-c2nnc(-c3ccc(Oc4nc(Oc5ccc(-c6nnc(-c7ccc(OCCCCCCCCCC)c(OCCCCCCCCCC)c7)s6)cc5)nc(Oc5ccc(-c6nnc(-c7ccc(OCCCCCCCCCC)c(OCCCCCCCCCC)c7)s6)cc5)n4)cc3)s2)cc1OCCCCCCCCCC. The zero-order valence-electron chi connectivity index (χ0n) is 77.2. The Kier molecular flexibility index (Phi) is 48.0. The van der Waals surface area contributed by atoms with Crippen LogP contribution < -0.4 is 42.6 Å². The summed E-state index contributed by atoms with van der Waals surface area (Å²) < 4.78 is 58.3. The van der Waals surface area contributed by atoms with Crippen LogP contribution in [-0.2, 0) is 0 Å². The van der Waals surface area contributed by atoms with Gasteiger partial charge in [-0.1, -0.05) is 345 Å². The Morgan fingerprint density at radius 2 is 0.349 bits per heavy atom. The van der Waals surface area contributed by atoms with Crippen molar-refractivity contribution in [3.05, 3.63) is 127 Å². The molecule has 4 heterocycles. The Morgan fingerprint density at radius 3 is 0.548 bits per heavy atom. The lowest BCUT2D eigenvalue weighted by Crippen LogP contribution is -2.03.